The molecule has 0 aliphatic heterocycles. The zero-order chi connectivity index (χ0) is 13.8. The summed E-state index contributed by atoms with van der Waals surface area (Å²) in [6, 6.07) is 6.72. The van der Waals surface area contributed by atoms with Crippen molar-refractivity contribution in [3.63, 3.8) is 0 Å². The zero-order valence-corrected chi connectivity index (χ0v) is 9.63. The molecule has 0 amide bonds. The molecule has 3 nitrogen and oxygen atoms in total. The fourth-order valence-electron chi connectivity index (χ4n) is 0.985. The van der Waals surface area contributed by atoms with Crippen molar-refractivity contribution in [3.8, 4) is 5.75 Å². The SMILES string of the molecule is O=P(F)(Oc1ccccc1)OC(F)CC(F)(F)F. The fraction of sp³-hybridized carbons (Fsp3) is 0.333. The molecule has 2 atom stereocenters. The Kier molecular flexibility index (Phi) is 4.70. The van der Waals surface area contributed by atoms with Crippen LogP contribution in [0.3, 0.4) is 0 Å². The average molecular weight is 290 g/mol. The van der Waals surface area contributed by atoms with Gasteiger partial charge in [0.2, 0.25) is 6.36 Å². The van der Waals surface area contributed by atoms with Gasteiger partial charge in [-0.3, -0.25) is 0 Å². The normalized spacial score (nSPS) is 16.9. The molecular weight excluding hydrogens is 282 g/mol. The van der Waals surface area contributed by atoms with E-state index in [1.165, 1.54) is 24.3 Å². The second-order valence-electron chi connectivity index (χ2n) is 3.17. The standard InChI is InChI=1S/C9H8F5O3P/c10-8(6-9(11,12)13)17-18(14,15)16-7-4-2-1-3-5-7/h1-5,8H,6H2. The van der Waals surface area contributed by atoms with Gasteiger partial charge in [-0.05, 0) is 12.1 Å². The molecule has 0 heterocycles. The minimum absolute atomic E-state index is 0.248. The summed E-state index contributed by atoms with van der Waals surface area (Å²) >= 11 is 0. The van der Waals surface area contributed by atoms with Crippen LogP contribution in [-0.2, 0) is 9.09 Å². The van der Waals surface area contributed by atoms with E-state index in [0.717, 1.165) is 0 Å². The van der Waals surface area contributed by atoms with Gasteiger partial charge in [-0.2, -0.15) is 13.2 Å². The third kappa shape index (κ3) is 5.97. The Morgan fingerprint density at radius 3 is 2.28 bits per heavy atom. The van der Waals surface area contributed by atoms with Crippen molar-refractivity contribution in [2.24, 2.45) is 0 Å². The number of alkyl halides is 4. The van der Waals surface area contributed by atoms with E-state index in [0.29, 0.717) is 0 Å². The summed E-state index contributed by atoms with van der Waals surface area (Å²) in [6.45, 7) is 0. The second kappa shape index (κ2) is 5.67. The quantitative estimate of drug-likeness (QED) is 0.595. The molecule has 0 radical (unpaired) electrons. The van der Waals surface area contributed by atoms with Gasteiger partial charge in [0.05, 0.1) is 0 Å². The smallest absolute Gasteiger partial charge is 0.401 e. The molecule has 1 rings (SSSR count). The monoisotopic (exact) mass is 290 g/mol. The van der Waals surface area contributed by atoms with Crippen molar-refractivity contribution in [2.75, 3.05) is 0 Å². The molecule has 0 aliphatic rings. The molecule has 0 saturated carbocycles. The van der Waals surface area contributed by atoms with Crippen LogP contribution in [0.2, 0.25) is 0 Å². The summed E-state index contributed by atoms with van der Waals surface area (Å²) in [5.74, 6) is -0.248. The van der Waals surface area contributed by atoms with Crippen molar-refractivity contribution in [2.45, 2.75) is 19.0 Å². The van der Waals surface area contributed by atoms with Gasteiger partial charge in [-0.15, -0.1) is 4.20 Å². The number of benzene rings is 1. The maximum atomic E-state index is 13.1. The number of rotatable bonds is 5. The Labute approximate surface area is 99.2 Å². The van der Waals surface area contributed by atoms with E-state index in [1.54, 1.807) is 6.07 Å². The Morgan fingerprint density at radius 1 is 1.22 bits per heavy atom. The van der Waals surface area contributed by atoms with Crippen LogP contribution in [0.4, 0.5) is 21.8 Å². The maximum absolute atomic E-state index is 13.1. The first-order chi connectivity index (χ1) is 8.18. The number of hydrogen-bond donors (Lipinski definition) is 0. The molecule has 1 aromatic carbocycles. The fourth-order valence-corrected chi connectivity index (χ4v) is 1.75. The summed E-state index contributed by atoms with van der Waals surface area (Å²) in [5.41, 5.74) is 0. The van der Waals surface area contributed by atoms with E-state index in [1.807, 2.05) is 0 Å². The van der Waals surface area contributed by atoms with Crippen LogP contribution < -0.4 is 4.52 Å². The van der Waals surface area contributed by atoms with Crippen molar-refractivity contribution >= 4 is 7.91 Å². The molecule has 18 heavy (non-hydrogen) atoms. The molecule has 0 bridgehead atoms. The van der Waals surface area contributed by atoms with Gasteiger partial charge in [-0.25, -0.2) is 13.5 Å². The second-order valence-corrected chi connectivity index (χ2v) is 4.42. The number of halogens is 5. The highest BCUT2D eigenvalue weighted by Crippen LogP contribution is 2.51. The van der Waals surface area contributed by atoms with Gasteiger partial charge in [0.25, 0.3) is 0 Å². The van der Waals surface area contributed by atoms with E-state index in [9.17, 15) is 26.3 Å². The summed E-state index contributed by atoms with van der Waals surface area (Å²) in [5, 5.41) is 0. The van der Waals surface area contributed by atoms with Crippen molar-refractivity contribution in [1.29, 1.82) is 0 Å². The Morgan fingerprint density at radius 2 is 1.78 bits per heavy atom. The third-order valence-corrected chi connectivity index (χ3v) is 2.50. The molecule has 2 unspecified atom stereocenters. The molecule has 0 fully saturated rings. The van der Waals surface area contributed by atoms with E-state index in [2.05, 4.69) is 9.05 Å². The number of para-hydroxylation sites is 1. The molecule has 0 spiro atoms. The molecule has 102 valence electrons. The Hall–Kier alpha value is -1.14. The van der Waals surface area contributed by atoms with E-state index in [4.69, 9.17) is 0 Å². The highest BCUT2D eigenvalue weighted by atomic mass is 31.2. The number of hydrogen-bond acceptors (Lipinski definition) is 3. The minimum Gasteiger partial charge on any atom is -0.401 e. The van der Waals surface area contributed by atoms with Crippen LogP contribution in [0.15, 0.2) is 30.3 Å². The average Bonchev–Trinajstić information content (AvgIpc) is 2.13. The summed E-state index contributed by atoms with van der Waals surface area (Å²) in [7, 11) is -5.43. The lowest BCUT2D eigenvalue weighted by Gasteiger charge is -2.15. The van der Waals surface area contributed by atoms with E-state index >= 15 is 0 Å². The van der Waals surface area contributed by atoms with Crippen LogP contribution in [0.25, 0.3) is 0 Å². The first-order valence-electron chi connectivity index (χ1n) is 4.61. The van der Waals surface area contributed by atoms with E-state index < -0.39 is 26.9 Å². The van der Waals surface area contributed by atoms with Gasteiger partial charge in [0.1, 0.15) is 12.2 Å². The summed E-state index contributed by atoms with van der Waals surface area (Å²) < 4.78 is 79.6. The first kappa shape index (κ1) is 14.9. The van der Waals surface area contributed by atoms with Crippen LogP contribution in [0.5, 0.6) is 5.75 Å². The molecular formula is C9H8F5O3P. The van der Waals surface area contributed by atoms with Gasteiger partial charge >= 0.3 is 14.1 Å². The van der Waals surface area contributed by atoms with Gasteiger partial charge in [0, 0.05) is 0 Å². The lowest BCUT2D eigenvalue weighted by molar-refractivity contribution is -0.167. The lowest BCUT2D eigenvalue weighted by Crippen LogP contribution is -2.17. The maximum Gasteiger partial charge on any atom is 0.572 e. The van der Waals surface area contributed by atoms with Crippen molar-refractivity contribution in [3.05, 3.63) is 30.3 Å². The van der Waals surface area contributed by atoms with Crippen LogP contribution >= 0.6 is 7.91 Å². The molecule has 1 aromatic rings. The molecule has 0 saturated heterocycles. The van der Waals surface area contributed by atoms with Crippen LogP contribution in [-0.4, -0.2) is 12.5 Å². The topological polar surface area (TPSA) is 35.5 Å². The van der Waals surface area contributed by atoms with E-state index in [-0.39, 0.29) is 5.75 Å². The highest BCUT2D eigenvalue weighted by molar-refractivity contribution is 7.48. The van der Waals surface area contributed by atoms with Crippen molar-refractivity contribution < 1.29 is 35.4 Å². The van der Waals surface area contributed by atoms with Gasteiger partial charge in [0.15, 0.2) is 0 Å². The van der Waals surface area contributed by atoms with Crippen LogP contribution in [0.1, 0.15) is 6.42 Å². The molecule has 0 aromatic heterocycles. The predicted molar refractivity (Wildman–Crippen MR) is 52.4 cm³/mol. The third-order valence-electron chi connectivity index (χ3n) is 1.59. The summed E-state index contributed by atoms with van der Waals surface area (Å²) in [4.78, 5) is 0. The van der Waals surface area contributed by atoms with Gasteiger partial charge < -0.3 is 4.52 Å². The van der Waals surface area contributed by atoms with Crippen molar-refractivity contribution in [1.82, 2.24) is 0 Å². The predicted octanol–water partition coefficient (Wildman–Crippen LogP) is 4.41. The molecule has 0 N–H and O–H groups in total. The summed E-state index contributed by atoms with van der Waals surface area (Å²) in [6.07, 6.45) is -10.1. The molecule has 0 aliphatic carbocycles. The Balaban J connectivity index is 2.57. The Bertz CT molecular complexity index is 422. The lowest BCUT2D eigenvalue weighted by atomic mass is 10.3. The largest absolute Gasteiger partial charge is 0.572 e. The van der Waals surface area contributed by atoms with Gasteiger partial charge in [-0.1, -0.05) is 18.2 Å². The minimum atomic E-state index is -5.43. The first-order valence-corrected chi connectivity index (χ1v) is 6.05. The highest BCUT2D eigenvalue weighted by Gasteiger charge is 2.38. The molecule has 9 heteroatoms. The zero-order valence-electron chi connectivity index (χ0n) is 8.73. The van der Waals surface area contributed by atoms with Crippen LogP contribution in [0, 0.1) is 0 Å².